The maximum Gasteiger partial charge on any atom is 0.234 e. The van der Waals surface area contributed by atoms with Gasteiger partial charge >= 0.3 is 0 Å². The Morgan fingerprint density at radius 1 is 1.08 bits per heavy atom. The summed E-state index contributed by atoms with van der Waals surface area (Å²) in [6.45, 7) is 3.06. The number of ether oxygens (including phenoxy) is 2. The average Bonchev–Trinajstić information content (AvgIpc) is 3.18. The SMILES string of the molecule is COCCN1C(=O)C(C)c2cc3c(cc21)NC(c1ccc(OC)cc1)N3. The molecular formula is C20H23N3O3. The zero-order valence-corrected chi connectivity index (χ0v) is 15.2. The van der Waals surface area contributed by atoms with Gasteiger partial charge in [0.25, 0.3) is 0 Å². The van der Waals surface area contributed by atoms with Crippen LogP contribution in [0.25, 0.3) is 0 Å². The third-order valence-corrected chi connectivity index (χ3v) is 5.13. The number of hydrogen-bond acceptors (Lipinski definition) is 5. The number of anilines is 3. The van der Waals surface area contributed by atoms with E-state index in [0.717, 1.165) is 33.9 Å². The zero-order chi connectivity index (χ0) is 18.3. The number of fused-ring (bicyclic) bond motifs is 2. The molecule has 2 aromatic rings. The Balaban J connectivity index is 1.61. The molecule has 26 heavy (non-hydrogen) atoms. The minimum absolute atomic E-state index is 0.00290. The quantitative estimate of drug-likeness (QED) is 0.863. The highest BCUT2D eigenvalue weighted by molar-refractivity contribution is 6.06. The first-order chi connectivity index (χ1) is 12.6. The molecule has 2 aliphatic heterocycles. The minimum atomic E-state index is -0.131. The molecule has 2 unspecified atom stereocenters. The third-order valence-electron chi connectivity index (χ3n) is 5.13. The van der Waals surface area contributed by atoms with Crippen molar-refractivity contribution in [3.63, 3.8) is 0 Å². The Morgan fingerprint density at radius 3 is 2.42 bits per heavy atom. The van der Waals surface area contributed by atoms with E-state index in [1.807, 2.05) is 36.1 Å². The smallest absolute Gasteiger partial charge is 0.234 e. The number of rotatable bonds is 5. The van der Waals surface area contributed by atoms with Gasteiger partial charge in [-0.25, -0.2) is 0 Å². The van der Waals surface area contributed by atoms with Crippen LogP contribution in [0.2, 0.25) is 0 Å². The molecule has 6 nitrogen and oxygen atoms in total. The molecule has 0 bridgehead atoms. The largest absolute Gasteiger partial charge is 0.497 e. The van der Waals surface area contributed by atoms with Gasteiger partial charge in [0.15, 0.2) is 0 Å². The van der Waals surface area contributed by atoms with Crippen molar-refractivity contribution >= 4 is 23.0 Å². The predicted octanol–water partition coefficient (Wildman–Crippen LogP) is 3.33. The lowest BCUT2D eigenvalue weighted by Gasteiger charge is -2.17. The Morgan fingerprint density at radius 2 is 1.77 bits per heavy atom. The minimum Gasteiger partial charge on any atom is -0.497 e. The molecule has 4 rings (SSSR count). The van der Waals surface area contributed by atoms with Crippen LogP contribution in [0.3, 0.4) is 0 Å². The summed E-state index contributed by atoms with van der Waals surface area (Å²) in [5.41, 5.74) is 5.20. The van der Waals surface area contributed by atoms with Gasteiger partial charge in [0.1, 0.15) is 11.9 Å². The molecule has 0 aromatic heterocycles. The van der Waals surface area contributed by atoms with Crippen molar-refractivity contribution in [1.29, 1.82) is 0 Å². The van der Waals surface area contributed by atoms with Crippen molar-refractivity contribution < 1.29 is 14.3 Å². The van der Waals surface area contributed by atoms with Gasteiger partial charge in [0, 0.05) is 19.3 Å². The van der Waals surface area contributed by atoms with E-state index in [-0.39, 0.29) is 18.0 Å². The van der Waals surface area contributed by atoms with Crippen LogP contribution < -0.4 is 20.3 Å². The van der Waals surface area contributed by atoms with Crippen LogP contribution in [-0.4, -0.2) is 33.3 Å². The molecule has 0 saturated heterocycles. The fourth-order valence-corrected chi connectivity index (χ4v) is 3.63. The van der Waals surface area contributed by atoms with Crippen LogP contribution in [0.15, 0.2) is 36.4 Å². The molecule has 136 valence electrons. The summed E-state index contributed by atoms with van der Waals surface area (Å²) in [7, 11) is 3.31. The van der Waals surface area contributed by atoms with E-state index in [1.165, 1.54) is 0 Å². The molecule has 2 aromatic carbocycles. The standard InChI is InChI=1S/C20H23N3O3/c1-12-15-10-16-17(11-18(15)23(20(12)24)8-9-25-2)22-19(21-16)13-4-6-14(26-3)7-5-13/h4-7,10-12,19,21-22H,8-9H2,1-3H3. The first-order valence-corrected chi connectivity index (χ1v) is 8.77. The molecule has 1 amide bonds. The van der Waals surface area contributed by atoms with Crippen molar-refractivity contribution in [3.05, 3.63) is 47.5 Å². The normalized spacial score (nSPS) is 20.4. The lowest BCUT2D eigenvalue weighted by atomic mass is 10.0. The van der Waals surface area contributed by atoms with Gasteiger partial charge in [0.2, 0.25) is 5.91 Å². The van der Waals surface area contributed by atoms with Crippen LogP contribution >= 0.6 is 0 Å². The van der Waals surface area contributed by atoms with E-state index < -0.39 is 0 Å². The van der Waals surface area contributed by atoms with Gasteiger partial charge in [0.05, 0.1) is 31.0 Å². The Bertz CT molecular complexity index is 835. The van der Waals surface area contributed by atoms with Crippen LogP contribution in [0.1, 0.15) is 30.1 Å². The lowest BCUT2D eigenvalue weighted by molar-refractivity contribution is -0.119. The number of benzene rings is 2. The molecule has 0 radical (unpaired) electrons. The van der Waals surface area contributed by atoms with Crippen molar-refractivity contribution in [2.75, 3.05) is 42.9 Å². The van der Waals surface area contributed by atoms with Gasteiger partial charge in [-0.15, -0.1) is 0 Å². The average molecular weight is 353 g/mol. The second-order valence-electron chi connectivity index (χ2n) is 6.66. The van der Waals surface area contributed by atoms with E-state index in [0.29, 0.717) is 13.2 Å². The summed E-state index contributed by atoms with van der Waals surface area (Å²) in [5, 5.41) is 7.01. The summed E-state index contributed by atoms with van der Waals surface area (Å²) >= 11 is 0. The maximum absolute atomic E-state index is 12.6. The van der Waals surface area contributed by atoms with E-state index in [9.17, 15) is 4.79 Å². The van der Waals surface area contributed by atoms with Gasteiger partial charge in [-0.05, 0) is 42.3 Å². The van der Waals surface area contributed by atoms with Gasteiger partial charge in [-0.3, -0.25) is 4.79 Å². The first-order valence-electron chi connectivity index (χ1n) is 8.77. The number of hydrogen-bond donors (Lipinski definition) is 2. The van der Waals surface area contributed by atoms with Crippen LogP contribution in [0.5, 0.6) is 5.75 Å². The molecule has 0 fully saturated rings. The Kier molecular flexibility index (Phi) is 4.20. The molecular weight excluding hydrogens is 330 g/mol. The number of carbonyl (C=O) groups is 1. The summed E-state index contributed by atoms with van der Waals surface area (Å²) in [6.07, 6.45) is -0.00290. The second-order valence-corrected chi connectivity index (χ2v) is 6.66. The van der Waals surface area contributed by atoms with Gasteiger partial charge < -0.3 is 25.0 Å². The zero-order valence-electron chi connectivity index (χ0n) is 15.2. The summed E-state index contributed by atoms with van der Waals surface area (Å²) in [5.74, 6) is 0.839. The second kappa shape index (κ2) is 6.53. The molecule has 0 saturated carbocycles. The molecule has 6 heteroatoms. The fourth-order valence-electron chi connectivity index (χ4n) is 3.63. The summed E-state index contributed by atoms with van der Waals surface area (Å²) < 4.78 is 10.4. The van der Waals surface area contributed by atoms with Gasteiger partial charge in [-0.1, -0.05) is 12.1 Å². The number of carbonyl (C=O) groups excluding carboxylic acids is 1. The van der Waals surface area contributed by atoms with Crippen molar-refractivity contribution in [1.82, 2.24) is 0 Å². The van der Waals surface area contributed by atoms with E-state index >= 15 is 0 Å². The molecule has 0 spiro atoms. The Labute approximate surface area is 153 Å². The van der Waals surface area contributed by atoms with E-state index in [4.69, 9.17) is 9.47 Å². The topological polar surface area (TPSA) is 62.8 Å². The van der Waals surface area contributed by atoms with Crippen molar-refractivity contribution in [3.8, 4) is 5.75 Å². The fraction of sp³-hybridized carbons (Fsp3) is 0.350. The first kappa shape index (κ1) is 16.7. The summed E-state index contributed by atoms with van der Waals surface area (Å²) in [4.78, 5) is 14.4. The highest BCUT2D eigenvalue weighted by atomic mass is 16.5. The monoisotopic (exact) mass is 353 g/mol. The number of methoxy groups -OCH3 is 2. The molecule has 2 atom stereocenters. The van der Waals surface area contributed by atoms with Crippen LogP contribution in [0.4, 0.5) is 17.1 Å². The third kappa shape index (κ3) is 2.66. The molecule has 0 aliphatic carbocycles. The van der Waals surface area contributed by atoms with Crippen molar-refractivity contribution in [2.24, 2.45) is 0 Å². The van der Waals surface area contributed by atoms with Crippen LogP contribution in [0, 0.1) is 0 Å². The highest BCUT2D eigenvalue weighted by Gasteiger charge is 2.36. The van der Waals surface area contributed by atoms with E-state index in [2.05, 4.69) is 22.8 Å². The maximum atomic E-state index is 12.6. The predicted molar refractivity (Wildman–Crippen MR) is 102 cm³/mol. The van der Waals surface area contributed by atoms with Crippen LogP contribution in [-0.2, 0) is 9.53 Å². The molecule has 2 N–H and O–H groups in total. The molecule has 2 heterocycles. The Hall–Kier alpha value is -2.73. The lowest BCUT2D eigenvalue weighted by Crippen LogP contribution is -2.31. The number of nitrogens with zero attached hydrogens (tertiary/aromatic N) is 1. The van der Waals surface area contributed by atoms with Gasteiger partial charge in [-0.2, -0.15) is 0 Å². The number of nitrogens with one attached hydrogen (secondary N) is 2. The summed E-state index contributed by atoms with van der Waals surface area (Å²) in [6, 6.07) is 12.2. The highest BCUT2D eigenvalue weighted by Crippen LogP contribution is 2.45. The van der Waals surface area contributed by atoms with Crippen molar-refractivity contribution in [2.45, 2.75) is 19.0 Å². The molecule has 2 aliphatic rings. The number of amides is 1. The van der Waals surface area contributed by atoms with E-state index in [1.54, 1.807) is 14.2 Å².